The lowest BCUT2D eigenvalue weighted by molar-refractivity contribution is -0.383. The molecule has 2 aromatic heterocycles. The second kappa shape index (κ2) is 17.3. The Balaban J connectivity index is 0.000000768. The summed E-state index contributed by atoms with van der Waals surface area (Å²) in [6.07, 6.45) is -2.44. The van der Waals surface area contributed by atoms with Crippen molar-refractivity contribution in [1.29, 1.82) is 0 Å². The van der Waals surface area contributed by atoms with Crippen LogP contribution in [0, 0.1) is 17.0 Å². The van der Waals surface area contributed by atoms with Crippen LogP contribution in [0.1, 0.15) is 47.9 Å². The highest BCUT2D eigenvalue weighted by molar-refractivity contribution is 5.99. The molecule has 55 heavy (non-hydrogen) atoms. The number of aliphatic carboxylic acids is 1. The summed E-state index contributed by atoms with van der Waals surface area (Å²) in [5.74, 6) is -3.23. The fraction of sp³-hybridized carbons (Fsp3) is 0.222. The van der Waals surface area contributed by atoms with Gasteiger partial charge >= 0.3 is 23.8 Å². The number of rotatable bonds is 12. The zero-order valence-electron chi connectivity index (χ0n) is 29.2. The summed E-state index contributed by atoms with van der Waals surface area (Å²) in [6, 6.07) is 21.5. The Morgan fingerprint density at radius 3 is 2.31 bits per heavy atom. The molecule has 2 heterocycles. The highest BCUT2D eigenvalue weighted by Gasteiger charge is 2.38. The summed E-state index contributed by atoms with van der Waals surface area (Å²) in [4.78, 5) is 50.0. The van der Waals surface area contributed by atoms with Gasteiger partial charge in [0, 0.05) is 31.1 Å². The normalized spacial score (nSPS) is 11.0. The molecule has 6 rings (SSSR count). The van der Waals surface area contributed by atoms with Crippen molar-refractivity contribution in [3.63, 3.8) is 0 Å². The maximum absolute atomic E-state index is 13.0. The number of nitro groups is 1. The highest BCUT2D eigenvalue weighted by atomic mass is 19.4. The molecule has 0 fully saturated rings. The van der Waals surface area contributed by atoms with E-state index < -0.39 is 23.0 Å². The van der Waals surface area contributed by atoms with E-state index in [1.165, 1.54) is 12.1 Å². The van der Waals surface area contributed by atoms with E-state index in [0.717, 1.165) is 35.3 Å². The summed E-state index contributed by atoms with van der Waals surface area (Å²) in [5, 5.41) is 42.1. The van der Waals surface area contributed by atoms with E-state index in [4.69, 9.17) is 19.5 Å². The highest BCUT2D eigenvalue weighted by Crippen LogP contribution is 2.34. The van der Waals surface area contributed by atoms with Gasteiger partial charge in [0.25, 0.3) is 0 Å². The van der Waals surface area contributed by atoms with E-state index in [1.807, 2.05) is 66.1 Å². The summed E-state index contributed by atoms with van der Waals surface area (Å²) < 4.78 is 38.4. The van der Waals surface area contributed by atoms with E-state index in [0.29, 0.717) is 34.6 Å². The van der Waals surface area contributed by atoms with E-state index in [-0.39, 0.29) is 46.6 Å². The van der Waals surface area contributed by atoms with Crippen LogP contribution in [0.2, 0.25) is 0 Å². The van der Waals surface area contributed by atoms with Crippen molar-refractivity contribution in [3.05, 3.63) is 99.9 Å². The lowest BCUT2D eigenvalue weighted by Crippen LogP contribution is -2.21. The average Bonchev–Trinajstić information content (AvgIpc) is 3.76. The Hall–Kier alpha value is -6.89. The molecule has 0 atom stereocenters. The summed E-state index contributed by atoms with van der Waals surface area (Å²) in [6.45, 7) is 4.13. The van der Waals surface area contributed by atoms with Crippen molar-refractivity contribution < 1.29 is 52.8 Å². The molecular weight excluding hydrogens is 731 g/mol. The van der Waals surface area contributed by atoms with Crippen molar-refractivity contribution in [3.8, 4) is 16.8 Å². The Labute approximate surface area is 309 Å². The van der Waals surface area contributed by atoms with Crippen molar-refractivity contribution >= 4 is 57.0 Å². The smallest absolute Gasteiger partial charge is 0.478 e. The quantitative estimate of drug-likeness (QED) is 0.0747. The number of carboxylic acid groups (broad SMARTS) is 2. The third kappa shape index (κ3) is 9.19. The van der Waals surface area contributed by atoms with Crippen LogP contribution in [0.25, 0.3) is 38.9 Å². The number of carbonyl (C=O) groups excluding carboxylic acids is 1. The molecule has 0 aliphatic rings. The zero-order valence-corrected chi connectivity index (χ0v) is 29.2. The zero-order chi connectivity index (χ0) is 39.2. The second-order valence-corrected chi connectivity index (χ2v) is 11.9. The number of aromatic nitrogens is 4. The number of anilines is 2. The van der Waals surface area contributed by atoms with Gasteiger partial charge in [0.15, 0.2) is 5.52 Å². The second-order valence-electron chi connectivity index (χ2n) is 11.9. The number of nitro benzene ring substituents is 1. The van der Waals surface area contributed by atoms with Crippen LogP contribution in [-0.4, -0.2) is 71.0 Å². The number of amides is 1. The number of carboxylic acids is 2. The minimum absolute atomic E-state index is 0. The summed E-state index contributed by atoms with van der Waals surface area (Å²) in [7, 11) is 0. The molecule has 0 aliphatic carbocycles. The first kappa shape index (κ1) is 40.9. The van der Waals surface area contributed by atoms with Crippen molar-refractivity contribution in [1.82, 2.24) is 19.9 Å². The number of hydrogen-bond acceptors (Lipinski definition) is 10. The maximum atomic E-state index is 13.0. The first-order valence-electron chi connectivity index (χ1n) is 16.4. The van der Waals surface area contributed by atoms with Gasteiger partial charge in [0.1, 0.15) is 5.82 Å². The number of aryl methyl sites for hydroxylation is 1. The van der Waals surface area contributed by atoms with Gasteiger partial charge in [-0.1, -0.05) is 49.7 Å². The molecule has 0 aliphatic heterocycles. The summed E-state index contributed by atoms with van der Waals surface area (Å²) >= 11 is 0. The number of alkyl halides is 3. The molecule has 288 valence electrons. The number of imidazole rings is 1. The molecular formula is C36H34F3N7O9. The van der Waals surface area contributed by atoms with Crippen LogP contribution >= 0.6 is 0 Å². The number of non-ortho nitro benzene ring substituents is 1. The van der Waals surface area contributed by atoms with Crippen LogP contribution < -0.4 is 10.6 Å². The molecule has 0 unspecified atom stereocenters. The van der Waals surface area contributed by atoms with Gasteiger partial charge in [-0.3, -0.25) is 19.5 Å². The van der Waals surface area contributed by atoms with E-state index >= 15 is 0 Å². The van der Waals surface area contributed by atoms with Crippen LogP contribution in [0.15, 0.2) is 77.4 Å². The molecule has 6 N–H and O–H groups in total. The Morgan fingerprint density at radius 2 is 1.67 bits per heavy atom. The van der Waals surface area contributed by atoms with Gasteiger partial charge in [-0.2, -0.15) is 13.2 Å². The van der Waals surface area contributed by atoms with Gasteiger partial charge in [0.05, 0.1) is 32.9 Å². The van der Waals surface area contributed by atoms with Gasteiger partial charge in [-0.25, -0.2) is 19.2 Å². The number of aromatic carboxylic acids is 1. The van der Waals surface area contributed by atoms with Crippen LogP contribution in [0.3, 0.4) is 0 Å². The van der Waals surface area contributed by atoms with Gasteiger partial charge < -0.3 is 26.3 Å². The molecule has 19 heteroatoms. The topological polar surface area (TPSA) is 247 Å². The number of nitrogens with zero attached hydrogens (tertiary/aromatic N) is 5. The third-order valence-electron chi connectivity index (χ3n) is 8.24. The molecule has 6 aromatic rings. The van der Waals surface area contributed by atoms with Crippen molar-refractivity contribution in [2.24, 2.45) is 0 Å². The monoisotopic (exact) mass is 765 g/mol. The molecule has 1 amide bonds. The number of carbonyl (C=O) groups is 3. The number of nitrogens with one attached hydrogen (secondary N) is 2. The van der Waals surface area contributed by atoms with Crippen LogP contribution in [0.4, 0.5) is 30.2 Å². The molecule has 0 saturated carbocycles. The molecule has 16 nitrogen and oxygen atoms in total. The Bertz CT molecular complexity index is 2360. The third-order valence-corrected chi connectivity index (χ3v) is 8.24. The molecule has 0 radical (unpaired) electrons. The van der Waals surface area contributed by atoms with Crippen molar-refractivity contribution in [2.75, 3.05) is 17.2 Å². The maximum Gasteiger partial charge on any atom is 0.490 e. The number of benzene rings is 4. The van der Waals surface area contributed by atoms with E-state index in [9.17, 15) is 38.0 Å². The minimum Gasteiger partial charge on any atom is -0.478 e. The molecule has 0 spiro atoms. The van der Waals surface area contributed by atoms with Crippen molar-refractivity contribution in [2.45, 2.75) is 45.7 Å². The molecule has 0 bridgehead atoms. The minimum atomic E-state index is -5.08. The first-order chi connectivity index (χ1) is 25.7. The predicted octanol–water partition coefficient (Wildman–Crippen LogP) is 6.74. The first-order valence-corrected chi connectivity index (χ1v) is 16.4. The van der Waals surface area contributed by atoms with Crippen LogP contribution in [0.5, 0.6) is 0 Å². The van der Waals surface area contributed by atoms with Gasteiger partial charge in [-0.05, 0) is 70.7 Å². The van der Waals surface area contributed by atoms with E-state index in [1.54, 1.807) is 6.07 Å². The standard InChI is InChI=1S/C34H31N7O6.C2HF3O2.H2O/c1-3-4-10-29-37-24-13-11-22(36-30(42)17-18-35-25-14-16-27(41(45)46)33-32(25)38-47-39-33)19-28(24)40(29)26-15-12-23(21-8-6-5-7-9-21)31(20(26)2)34(43)44;3-2(4,5)1(6)7;/h5-9,11-16,19,35H,3-4,10,17-18H2,1-2H3,(H,36,42)(H,43,44);(H,6,7);1H2. The number of fused-ring (bicyclic) bond motifs is 2. The van der Waals surface area contributed by atoms with E-state index in [2.05, 4.69) is 27.9 Å². The lowest BCUT2D eigenvalue weighted by Gasteiger charge is -2.17. The van der Waals surface area contributed by atoms with Gasteiger partial charge in [-0.15, -0.1) is 0 Å². The predicted molar refractivity (Wildman–Crippen MR) is 194 cm³/mol. The van der Waals surface area contributed by atoms with Crippen LogP contribution in [-0.2, 0) is 16.0 Å². The average molecular weight is 766 g/mol. The number of halogens is 3. The largest absolute Gasteiger partial charge is 0.490 e. The SMILES string of the molecule is CCCCc1nc2ccc(NC(=O)CCNc3ccc([N+](=O)[O-])c4nonc34)cc2n1-c1ccc(-c2ccccc2)c(C(=O)O)c1C.O.O=C(O)C(F)(F)F. The molecule has 4 aromatic carbocycles. The lowest BCUT2D eigenvalue weighted by atomic mass is 9.94. The fourth-order valence-corrected chi connectivity index (χ4v) is 5.73. The summed E-state index contributed by atoms with van der Waals surface area (Å²) in [5.41, 5.74) is 5.47. The number of unbranched alkanes of at least 4 members (excludes halogenated alkanes) is 1. The fourth-order valence-electron chi connectivity index (χ4n) is 5.73. The van der Waals surface area contributed by atoms with Gasteiger partial charge in [0.2, 0.25) is 11.4 Å². The Kier molecular flexibility index (Phi) is 12.9. The number of hydrogen-bond donors (Lipinski definition) is 4. The molecule has 0 saturated heterocycles. The Morgan fingerprint density at radius 1 is 0.982 bits per heavy atom.